The highest BCUT2D eigenvalue weighted by Crippen LogP contribution is 2.11. The number of anilines is 1. The molecule has 0 aliphatic heterocycles. The van der Waals surface area contributed by atoms with Crippen molar-refractivity contribution in [2.45, 2.75) is 13.0 Å². The smallest absolute Gasteiger partial charge is 0.226 e. The molecule has 5 nitrogen and oxygen atoms in total. The molecule has 0 aromatic carbocycles. The average molecular weight is 237 g/mol. The predicted octanol–water partition coefficient (Wildman–Crippen LogP) is 1.18. The Morgan fingerprint density at radius 1 is 1.62 bits per heavy atom. The van der Waals surface area contributed by atoms with Crippen molar-refractivity contribution in [3.8, 4) is 0 Å². The maximum absolute atomic E-state index is 11.5. The molecule has 0 aliphatic carbocycles. The fourth-order valence-electron chi connectivity index (χ4n) is 1.23. The number of nitrogens with two attached hydrogens (primary N) is 1. The number of nitrogens with zero attached hydrogens (tertiary/aromatic N) is 1. The number of furan rings is 1. The molecule has 0 bridgehead atoms. The zero-order valence-corrected chi connectivity index (χ0v) is 9.29. The second-order valence-corrected chi connectivity index (χ2v) is 4.10. The number of nitrogens with one attached hydrogen (secondary N) is 1. The SMILES string of the molecule is Nc1nc(CC(=O)NCc2ccco2)cs1. The van der Waals surface area contributed by atoms with Gasteiger partial charge in [0.05, 0.1) is 24.9 Å². The number of hydrogen-bond acceptors (Lipinski definition) is 5. The Morgan fingerprint density at radius 3 is 3.12 bits per heavy atom. The molecule has 84 valence electrons. The normalized spacial score (nSPS) is 10.2. The van der Waals surface area contributed by atoms with Gasteiger partial charge in [-0.05, 0) is 12.1 Å². The van der Waals surface area contributed by atoms with Crippen molar-refractivity contribution < 1.29 is 9.21 Å². The first-order valence-electron chi connectivity index (χ1n) is 4.73. The summed E-state index contributed by atoms with van der Waals surface area (Å²) in [4.78, 5) is 15.5. The van der Waals surface area contributed by atoms with Gasteiger partial charge in [0.25, 0.3) is 0 Å². The Morgan fingerprint density at radius 2 is 2.50 bits per heavy atom. The highest BCUT2D eigenvalue weighted by Gasteiger charge is 2.06. The molecule has 0 saturated carbocycles. The zero-order valence-electron chi connectivity index (χ0n) is 8.47. The number of rotatable bonds is 4. The van der Waals surface area contributed by atoms with Crippen molar-refractivity contribution in [1.29, 1.82) is 0 Å². The minimum absolute atomic E-state index is 0.0956. The van der Waals surface area contributed by atoms with E-state index in [-0.39, 0.29) is 12.3 Å². The summed E-state index contributed by atoms with van der Waals surface area (Å²) >= 11 is 1.33. The molecular weight excluding hydrogens is 226 g/mol. The van der Waals surface area contributed by atoms with E-state index in [4.69, 9.17) is 10.2 Å². The van der Waals surface area contributed by atoms with Gasteiger partial charge in [0.15, 0.2) is 5.13 Å². The van der Waals surface area contributed by atoms with E-state index in [0.717, 1.165) is 5.76 Å². The molecule has 0 atom stereocenters. The van der Waals surface area contributed by atoms with E-state index in [1.807, 2.05) is 0 Å². The third kappa shape index (κ3) is 2.83. The standard InChI is InChI=1S/C10H11N3O2S/c11-10-13-7(6-16-10)4-9(14)12-5-8-2-1-3-15-8/h1-3,6H,4-5H2,(H2,11,13)(H,12,14). The molecule has 2 aromatic heterocycles. The molecule has 16 heavy (non-hydrogen) atoms. The number of carbonyl (C=O) groups excluding carboxylic acids is 1. The van der Waals surface area contributed by atoms with Crippen LogP contribution >= 0.6 is 11.3 Å². The molecule has 0 saturated heterocycles. The van der Waals surface area contributed by atoms with Crippen LogP contribution in [0.4, 0.5) is 5.13 Å². The predicted molar refractivity (Wildman–Crippen MR) is 60.8 cm³/mol. The summed E-state index contributed by atoms with van der Waals surface area (Å²) in [6.45, 7) is 0.394. The summed E-state index contributed by atoms with van der Waals surface area (Å²) in [5.41, 5.74) is 6.16. The zero-order chi connectivity index (χ0) is 11.4. The Labute approximate surface area is 96.3 Å². The van der Waals surface area contributed by atoms with Crippen LogP contribution in [0.3, 0.4) is 0 Å². The second-order valence-electron chi connectivity index (χ2n) is 3.21. The van der Waals surface area contributed by atoms with Crippen molar-refractivity contribution in [3.63, 3.8) is 0 Å². The lowest BCUT2D eigenvalue weighted by molar-refractivity contribution is -0.120. The van der Waals surface area contributed by atoms with Crippen LogP contribution in [0.25, 0.3) is 0 Å². The third-order valence-electron chi connectivity index (χ3n) is 1.95. The van der Waals surface area contributed by atoms with Gasteiger partial charge < -0.3 is 15.5 Å². The van der Waals surface area contributed by atoms with Crippen molar-refractivity contribution in [2.75, 3.05) is 5.73 Å². The minimum Gasteiger partial charge on any atom is -0.467 e. The van der Waals surface area contributed by atoms with E-state index in [9.17, 15) is 4.79 Å². The van der Waals surface area contributed by atoms with Gasteiger partial charge in [-0.1, -0.05) is 0 Å². The maximum atomic E-state index is 11.5. The highest BCUT2D eigenvalue weighted by atomic mass is 32.1. The van der Waals surface area contributed by atoms with Gasteiger partial charge in [-0.15, -0.1) is 11.3 Å². The Bertz CT molecular complexity index is 464. The van der Waals surface area contributed by atoms with Crippen molar-refractivity contribution in [2.24, 2.45) is 0 Å². The molecule has 0 spiro atoms. The molecule has 2 rings (SSSR count). The lowest BCUT2D eigenvalue weighted by atomic mass is 10.3. The van der Waals surface area contributed by atoms with Crippen LogP contribution in [0.1, 0.15) is 11.5 Å². The van der Waals surface area contributed by atoms with Crippen LogP contribution in [0.2, 0.25) is 0 Å². The molecule has 1 amide bonds. The Kier molecular flexibility index (Phi) is 3.21. The van der Waals surface area contributed by atoms with Gasteiger partial charge in [0.2, 0.25) is 5.91 Å². The quantitative estimate of drug-likeness (QED) is 0.836. The minimum atomic E-state index is -0.0956. The van der Waals surface area contributed by atoms with Crippen molar-refractivity contribution in [1.82, 2.24) is 10.3 Å². The largest absolute Gasteiger partial charge is 0.467 e. The van der Waals surface area contributed by atoms with Gasteiger partial charge in [0.1, 0.15) is 5.76 Å². The van der Waals surface area contributed by atoms with Gasteiger partial charge >= 0.3 is 0 Å². The lowest BCUT2D eigenvalue weighted by Gasteiger charge is -2.00. The van der Waals surface area contributed by atoms with Crippen LogP contribution in [0, 0.1) is 0 Å². The molecular formula is C10H11N3O2S. The molecule has 2 aromatic rings. The van der Waals surface area contributed by atoms with Crippen LogP contribution in [0.5, 0.6) is 0 Å². The van der Waals surface area contributed by atoms with Gasteiger partial charge in [-0.25, -0.2) is 4.98 Å². The molecule has 0 fully saturated rings. The van der Waals surface area contributed by atoms with Gasteiger partial charge in [-0.3, -0.25) is 4.79 Å². The number of aromatic nitrogens is 1. The summed E-state index contributed by atoms with van der Waals surface area (Å²) < 4.78 is 5.09. The monoisotopic (exact) mass is 237 g/mol. The molecule has 0 aliphatic rings. The molecule has 0 radical (unpaired) electrons. The summed E-state index contributed by atoms with van der Waals surface area (Å²) in [5, 5.41) is 4.99. The van der Waals surface area contributed by atoms with Gasteiger partial charge in [-0.2, -0.15) is 0 Å². The number of hydrogen-bond donors (Lipinski definition) is 2. The molecule has 3 N–H and O–H groups in total. The third-order valence-corrected chi connectivity index (χ3v) is 2.67. The number of amides is 1. The summed E-state index contributed by atoms with van der Waals surface area (Å²) in [7, 11) is 0. The van der Waals surface area contributed by atoms with Crippen LogP contribution in [0.15, 0.2) is 28.2 Å². The van der Waals surface area contributed by atoms with E-state index >= 15 is 0 Å². The summed E-state index contributed by atoms with van der Waals surface area (Å²) in [5.74, 6) is 0.632. The van der Waals surface area contributed by atoms with E-state index in [1.165, 1.54) is 11.3 Å². The van der Waals surface area contributed by atoms with Crippen LogP contribution < -0.4 is 11.1 Å². The van der Waals surface area contributed by atoms with E-state index in [1.54, 1.807) is 23.8 Å². The summed E-state index contributed by atoms with van der Waals surface area (Å²) in [6, 6.07) is 3.59. The van der Waals surface area contributed by atoms with Gasteiger partial charge in [0, 0.05) is 5.38 Å². The Balaban J connectivity index is 1.81. The first-order valence-corrected chi connectivity index (χ1v) is 5.61. The maximum Gasteiger partial charge on any atom is 0.226 e. The van der Waals surface area contributed by atoms with Crippen LogP contribution in [-0.2, 0) is 17.8 Å². The summed E-state index contributed by atoms with van der Waals surface area (Å²) in [6.07, 6.45) is 1.82. The molecule has 2 heterocycles. The topological polar surface area (TPSA) is 81.1 Å². The number of carbonyl (C=O) groups is 1. The number of thiazole rings is 1. The lowest BCUT2D eigenvalue weighted by Crippen LogP contribution is -2.24. The first-order chi connectivity index (χ1) is 7.74. The van der Waals surface area contributed by atoms with E-state index in [2.05, 4.69) is 10.3 Å². The average Bonchev–Trinajstić information content (AvgIpc) is 2.87. The second kappa shape index (κ2) is 4.80. The fraction of sp³-hybridized carbons (Fsp3) is 0.200. The van der Waals surface area contributed by atoms with Crippen LogP contribution in [-0.4, -0.2) is 10.9 Å². The highest BCUT2D eigenvalue weighted by molar-refractivity contribution is 7.13. The molecule has 6 heteroatoms. The molecule has 0 unspecified atom stereocenters. The Hall–Kier alpha value is -1.82. The van der Waals surface area contributed by atoms with E-state index in [0.29, 0.717) is 17.4 Å². The first kappa shape index (κ1) is 10.7. The fourth-order valence-corrected chi connectivity index (χ4v) is 1.79. The van der Waals surface area contributed by atoms with E-state index < -0.39 is 0 Å². The number of nitrogen functional groups attached to an aromatic ring is 1. The van der Waals surface area contributed by atoms with Crippen molar-refractivity contribution in [3.05, 3.63) is 35.2 Å². The van der Waals surface area contributed by atoms with Crippen molar-refractivity contribution >= 4 is 22.4 Å².